The van der Waals surface area contributed by atoms with E-state index < -0.39 is 65.9 Å². The van der Waals surface area contributed by atoms with Gasteiger partial charge in [-0.2, -0.15) is 8.78 Å². The largest absolute Gasteiger partial charge is 0.399 e. The predicted octanol–water partition coefficient (Wildman–Crippen LogP) is 5.14. The number of carbonyl (C=O) groups is 3. The number of halogens is 4. The molecule has 0 spiro atoms. The van der Waals surface area contributed by atoms with Gasteiger partial charge in [0.15, 0.2) is 11.6 Å². The molecular weight excluding hydrogens is 665 g/mol. The first kappa shape index (κ1) is 35.0. The Hall–Kier alpha value is -3.36. The zero-order valence-corrected chi connectivity index (χ0v) is 27.4. The summed E-state index contributed by atoms with van der Waals surface area (Å²) in [5, 5.41) is 2.92. The van der Waals surface area contributed by atoms with Crippen molar-refractivity contribution in [3.63, 3.8) is 0 Å². The Morgan fingerprint density at radius 3 is 2.43 bits per heavy atom. The highest BCUT2D eigenvalue weighted by Gasteiger charge is 2.50. The van der Waals surface area contributed by atoms with Crippen molar-refractivity contribution in [1.29, 1.82) is 0 Å². The van der Waals surface area contributed by atoms with E-state index in [0.717, 1.165) is 35.6 Å². The summed E-state index contributed by atoms with van der Waals surface area (Å²) >= 11 is 0.960. The van der Waals surface area contributed by atoms with Crippen molar-refractivity contribution in [2.24, 2.45) is 5.41 Å². The number of likely N-dealkylation sites (tertiary alicyclic amines) is 1. The Bertz CT molecular complexity index is 1760. The van der Waals surface area contributed by atoms with E-state index in [4.69, 9.17) is 14.5 Å². The van der Waals surface area contributed by atoms with E-state index in [1.807, 2.05) is 0 Å². The van der Waals surface area contributed by atoms with E-state index in [2.05, 4.69) is 5.32 Å². The third-order valence-electron chi connectivity index (χ3n) is 8.36. The van der Waals surface area contributed by atoms with Crippen molar-refractivity contribution in [2.75, 3.05) is 26.2 Å². The molecule has 1 unspecified atom stereocenters. The first-order chi connectivity index (χ1) is 21.9. The Morgan fingerprint density at radius 2 is 1.77 bits per heavy atom. The van der Waals surface area contributed by atoms with E-state index in [-0.39, 0.29) is 42.4 Å². The number of ether oxygens (including phenoxy) is 1. The van der Waals surface area contributed by atoms with Gasteiger partial charge in [0, 0.05) is 23.4 Å². The van der Waals surface area contributed by atoms with E-state index >= 15 is 0 Å². The van der Waals surface area contributed by atoms with Crippen LogP contribution in [0.5, 0.6) is 0 Å². The van der Waals surface area contributed by atoms with Gasteiger partial charge in [-0.05, 0) is 59.5 Å². The number of morpholine rings is 1. The zero-order valence-electron chi connectivity index (χ0n) is 25.7. The molecule has 3 amide bonds. The van der Waals surface area contributed by atoms with E-state index in [1.165, 1.54) is 28.0 Å². The third-order valence-corrected chi connectivity index (χ3v) is 10.5. The van der Waals surface area contributed by atoms with Crippen LogP contribution in [0.2, 0.25) is 0 Å². The first-order valence-corrected chi connectivity index (χ1v) is 17.3. The lowest BCUT2D eigenvalue weighted by molar-refractivity contribution is -0.150. The van der Waals surface area contributed by atoms with Crippen LogP contribution in [0, 0.1) is 17.0 Å². The number of hydrogen-bond donors (Lipinski definition) is 3. The molecule has 2 aliphatic rings. The van der Waals surface area contributed by atoms with Crippen molar-refractivity contribution in [3.8, 4) is 0 Å². The van der Waals surface area contributed by atoms with Gasteiger partial charge in [0.05, 0.1) is 18.0 Å². The van der Waals surface area contributed by atoms with Crippen LogP contribution in [0.15, 0.2) is 42.5 Å². The van der Waals surface area contributed by atoms with E-state index in [1.54, 1.807) is 20.8 Å². The molecular formula is C31H34F4N3O7PS. The number of nitrogens with one attached hydrogen (secondary N) is 1. The zero-order chi connectivity index (χ0) is 34.5. The van der Waals surface area contributed by atoms with Gasteiger partial charge in [-0.3, -0.25) is 18.9 Å². The van der Waals surface area contributed by atoms with Crippen molar-refractivity contribution in [3.05, 3.63) is 70.1 Å². The average molecular weight is 700 g/mol. The number of fused-ring (bicyclic) bond motifs is 1. The fourth-order valence-electron chi connectivity index (χ4n) is 5.79. The van der Waals surface area contributed by atoms with Gasteiger partial charge < -0.3 is 29.6 Å². The van der Waals surface area contributed by atoms with Crippen LogP contribution in [-0.2, 0) is 24.6 Å². The summed E-state index contributed by atoms with van der Waals surface area (Å²) in [6.07, 6.45) is 0.248. The smallest absolute Gasteiger partial charge is 0.370 e. The summed E-state index contributed by atoms with van der Waals surface area (Å²) in [5.41, 5.74) is -5.74. The molecule has 2 aliphatic heterocycles. The molecule has 10 nitrogen and oxygen atoms in total. The Morgan fingerprint density at radius 1 is 1.04 bits per heavy atom. The maximum atomic E-state index is 14.3. The quantitative estimate of drug-likeness (QED) is 0.230. The van der Waals surface area contributed by atoms with Gasteiger partial charge in [0.25, 0.3) is 5.91 Å². The molecule has 2 fully saturated rings. The monoisotopic (exact) mass is 699 g/mol. The highest BCUT2D eigenvalue weighted by molar-refractivity contribution is 7.52. The molecule has 3 N–H and O–H groups in total. The summed E-state index contributed by atoms with van der Waals surface area (Å²) in [6, 6.07) is 5.88. The SMILES string of the molecule is CC(C)(C)[C@H](NC(=O)c1cc2cc(C(F)(F)P(=O)(O)O)ccc2s1)C(=O)N1CCC[C@H]1C(=O)N1CCOC(c2ccc(F)c(F)c2)C1. The lowest BCUT2D eigenvalue weighted by Crippen LogP contribution is -2.58. The Balaban J connectivity index is 1.32. The molecule has 0 bridgehead atoms. The summed E-state index contributed by atoms with van der Waals surface area (Å²) in [7, 11) is -5.79. The minimum atomic E-state index is -5.79. The van der Waals surface area contributed by atoms with Gasteiger partial charge in [0.1, 0.15) is 18.2 Å². The number of amides is 3. The molecule has 3 atom stereocenters. The third kappa shape index (κ3) is 7.09. The predicted molar refractivity (Wildman–Crippen MR) is 165 cm³/mol. The van der Waals surface area contributed by atoms with Crippen LogP contribution < -0.4 is 5.32 Å². The molecule has 16 heteroatoms. The van der Waals surface area contributed by atoms with Crippen molar-refractivity contribution in [2.45, 2.75) is 57.5 Å². The molecule has 0 saturated carbocycles. The van der Waals surface area contributed by atoms with Crippen LogP contribution in [-0.4, -0.2) is 75.6 Å². The number of rotatable bonds is 7. The summed E-state index contributed by atoms with van der Waals surface area (Å²) in [6.45, 7) is 5.99. The molecule has 1 aromatic heterocycles. The van der Waals surface area contributed by atoms with Gasteiger partial charge in [-0.25, -0.2) is 8.78 Å². The number of thiophene rings is 1. The molecule has 3 aromatic rings. The number of benzene rings is 2. The highest BCUT2D eigenvalue weighted by atomic mass is 32.1. The maximum Gasteiger partial charge on any atom is 0.399 e. The number of nitrogens with zero attached hydrogens (tertiary/aromatic N) is 2. The maximum absolute atomic E-state index is 14.3. The van der Waals surface area contributed by atoms with Crippen molar-refractivity contribution >= 4 is 46.7 Å². The fourth-order valence-corrected chi connectivity index (χ4v) is 7.21. The van der Waals surface area contributed by atoms with Crippen LogP contribution in [0.3, 0.4) is 0 Å². The van der Waals surface area contributed by atoms with Crippen molar-refractivity contribution < 1.29 is 51.0 Å². The standard InChI is InChI=1S/C31H34F4N3O7PS/c1-30(2,3)26(36-27(39)25-15-18-13-19(7-9-24(18)47-25)31(34,35)46(42,43)44)29(41)38-10-4-5-22(38)28(40)37-11-12-45-23(16-37)17-6-8-20(32)21(33)14-17/h6-9,13-15,22-23,26H,4-5,10-12,16H2,1-3H3,(H,36,39)(H2,42,43,44)/t22-,23?,26+/m0/s1. The molecule has 0 aliphatic carbocycles. The molecule has 0 radical (unpaired) electrons. The van der Waals surface area contributed by atoms with Gasteiger partial charge in [-0.15, -0.1) is 11.3 Å². The minimum Gasteiger partial charge on any atom is -0.370 e. The second kappa shape index (κ2) is 12.9. The molecule has 2 saturated heterocycles. The topological polar surface area (TPSA) is 136 Å². The number of hydrogen-bond acceptors (Lipinski definition) is 6. The average Bonchev–Trinajstić information content (AvgIpc) is 3.67. The lowest BCUT2D eigenvalue weighted by atomic mass is 9.85. The second-order valence-electron chi connectivity index (χ2n) is 12.7. The lowest BCUT2D eigenvalue weighted by Gasteiger charge is -2.38. The number of alkyl halides is 2. The van der Waals surface area contributed by atoms with Crippen LogP contribution >= 0.6 is 18.9 Å². The molecule has 2 aromatic carbocycles. The normalized spacial score (nSPS) is 20.0. The van der Waals surface area contributed by atoms with Crippen molar-refractivity contribution in [1.82, 2.24) is 15.1 Å². The van der Waals surface area contributed by atoms with Crippen LogP contribution in [0.1, 0.15) is 60.5 Å². The van der Waals surface area contributed by atoms with Gasteiger partial charge in [0.2, 0.25) is 11.8 Å². The van der Waals surface area contributed by atoms with Crippen LogP contribution in [0.4, 0.5) is 17.6 Å². The summed E-state index contributed by atoms with van der Waals surface area (Å²) in [5.74, 6) is -3.48. The van der Waals surface area contributed by atoms with Crippen LogP contribution in [0.25, 0.3) is 10.1 Å². The summed E-state index contributed by atoms with van der Waals surface area (Å²) in [4.78, 5) is 62.5. The minimum absolute atomic E-state index is 0.0790. The second-order valence-corrected chi connectivity index (χ2v) is 15.5. The first-order valence-electron chi connectivity index (χ1n) is 14.8. The summed E-state index contributed by atoms with van der Waals surface area (Å²) < 4.78 is 73.4. The Kier molecular flexibility index (Phi) is 9.61. The highest BCUT2D eigenvalue weighted by Crippen LogP contribution is 2.59. The van der Waals surface area contributed by atoms with Gasteiger partial charge in [-0.1, -0.05) is 32.9 Å². The number of carbonyl (C=O) groups excluding carboxylic acids is 3. The molecule has 3 heterocycles. The van der Waals surface area contributed by atoms with E-state index in [9.17, 15) is 36.5 Å². The fraction of sp³-hybridized carbons (Fsp3) is 0.452. The molecule has 5 rings (SSSR count). The van der Waals surface area contributed by atoms with Gasteiger partial charge >= 0.3 is 13.3 Å². The molecule has 254 valence electrons. The molecule has 47 heavy (non-hydrogen) atoms. The Labute approximate surface area is 271 Å². The van der Waals surface area contributed by atoms with E-state index in [0.29, 0.717) is 23.1 Å².